The fraction of sp³-hybridized carbons (Fsp3) is 0.474. The average Bonchev–Trinajstić information content (AvgIpc) is 2.91. The maximum Gasteiger partial charge on any atom is 0.122 e. The van der Waals surface area contributed by atoms with E-state index >= 15 is 0 Å². The van der Waals surface area contributed by atoms with Crippen molar-refractivity contribution in [2.45, 2.75) is 46.4 Å². The quantitative estimate of drug-likeness (QED) is 0.809. The molecule has 4 heteroatoms. The minimum atomic E-state index is -0.548. The lowest BCUT2D eigenvalue weighted by atomic mass is 10.2. The Kier molecular flexibility index (Phi) is 6.25. The van der Waals surface area contributed by atoms with Gasteiger partial charge in [0.05, 0.1) is 6.54 Å². The van der Waals surface area contributed by atoms with Crippen molar-refractivity contribution in [2.75, 3.05) is 13.2 Å². The molecule has 4 nitrogen and oxygen atoms in total. The second kappa shape index (κ2) is 8.18. The van der Waals surface area contributed by atoms with Gasteiger partial charge in [0.25, 0.3) is 0 Å². The first kappa shape index (κ1) is 17.6. The van der Waals surface area contributed by atoms with E-state index in [0.717, 1.165) is 22.8 Å². The molecule has 0 fully saturated rings. The number of aliphatic hydroxyl groups excluding tert-OH is 1. The minimum absolute atomic E-state index is 0.283. The predicted molar refractivity (Wildman–Crippen MR) is 91.7 cm³/mol. The summed E-state index contributed by atoms with van der Waals surface area (Å²) in [5.41, 5.74) is 1.08. The van der Waals surface area contributed by atoms with Crippen LogP contribution in [0.4, 0.5) is 0 Å². The summed E-state index contributed by atoms with van der Waals surface area (Å²) >= 11 is 0. The lowest BCUT2D eigenvalue weighted by Crippen LogP contribution is -2.39. The Morgan fingerprint density at radius 2 is 1.87 bits per heavy atom. The molecular formula is C19H27NO3. The van der Waals surface area contributed by atoms with Gasteiger partial charge >= 0.3 is 0 Å². The van der Waals surface area contributed by atoms with Crippen molar-refractivity contribution in [2.24, 2.45) is 0 Å². The van der Waals surface area contributed by atoms with Crippen LogP contribution >= 0.6 is 0 Å². The molecule has 0 aliphatic heterocycles. The maximum absolute atomic E-state index is 10.3. The summed E-state index contributed by atoms with van der Waals surface area (Å²) in [7, 11) is 0. The van der Waals surface area contributed by atoms with Gasteiger partial charge in [0.1, 0.15) is 30.0 Å². The number of ether oxygens (including phenoxy) is 1. The number of hydrogen-bond acceptors (Lipinski definition) is 4. The maximum atomic E-state index is 10.3. The molecular weight excluding hydrogens is 290 g/mol. The van der Waals surface area contributed by atoms with Crippen LogP contribution in [0.15, 0.2) is 40.8 Å². The molecule has 0 saturated heterocycles. The van der Waals surface area contributed by atoms with Crippen molar-refractivity contribution < 1.29 is 14.3 Å². The van der Waals surface area contributed by atoms with Crippen LogP contribution in [0, 0.1) is 13.8 Å². The normalized spacial score (nSPS) is 12.8. The minimum Gasteiger partial charge on any atom is -0.491 e. The molecule has 1 aromatic heterocycles. The zero-order valence-electron chi connectivity index (χ0n) is 14.5. The van der Waals surface area contributed by atoms with E-state index in [2.05, 4.69) is 18.7 Å². The van der Waals surface area contributed by atoms with Crippen molar-refractivity contribution in [1.29, 1.82) is 0 Å². The molecule has 0 aliphatic carbocycles. The zero-order chi connectivity index (χ0) is 16.8. The Bertz CT molecular complexity index is 606. The highest BCUT2D eigenvalue weighted by molar-refractivity contribution is 5.31. The molecule has 1 N–H and O–H groups in total. The van der Waals surface area contributed by atoms with Crippen LogP contribution in [0.2, 0.25) is 0 Å². The summed E-state index contributed by atoms with van der Waals surface area (Å²) < 4.78 is 11.4. The highest BCUT2D eigenvalue weighted by Gasteiger charge is 2.17. The number of furan rings is 1. The van der Waals surface area contributed by atoms with Crippen molar-refractivity contribution in [3.63, 3.8) is 0 Å². The van der Waals surface area contributed by atoms with Gasteiger partial charge in [-0.2, -0.15) is 0 Å². The summed E-state index contributed by atoms with van der Waals surface area (Å²) in [4.78, 5) is 2.18. The molecule has 1 unspecified atom stereocenters. The van der Waals surface area contributed by atoms with E-state index in [1.54, 1.807) is 0 Å². The fourth-order valence-corrected chi connectivity index (χ4v) is 2.46. The molecule has 0 spiro atoms. The van der Waals surface area contributed by atoms with Crippen LogP contribution in [0.25, 0.3) is 0 Å². The second-order valence-corrected chi connectivity index (χ2v) is 6.27. The number of aryl methyl sites for hydroxylation is 2. The first-order valence-electron chi connectivity index (χ1n) is 8.11. The van der Waals surface area contributed by atoms with E-state index in [4.69, 9.17) is 9.15 Å². The number of rotatable bonds is 8. The fourth-order valence-electron chi connectivity index (χ4n) is 2.46. The largest absolute Gasteiger partial charge is 0.491 e. The van der Waals surface area contributed by atoms with Gasteiger partial charge < -0.3 is 14.3 Å². The predicted octanol–water partition coefficient (Wildman–Crippen LogP) is 3.55. The average molecular weight is 317 g/mol. The van der Waals surface area contributed by atoms with E-state index in [1.807, 2.05) is 50.2 Å². The van der Waals surface area contributed by atoms with Gasteiger partial charge in [-0.05, 0) is 51.5 Å². The summed E-state index contributed by atoms with van der Waals surface area (Å²) in [6.45, 7) is 9.69. The van der Waals surface area contributed by atoms with Crippen molar-refractivity contribution in [1.82, 2.24) is 4.90 Å². The molecule has 0 radical (unpaired) electrons. The third kappa shape index (κ3) is 5.41. The van der Waals surface area contributed by atoms with Crippen LogP contribution in [0.3, 0.4) is 0 Å². The van der Waals surface area contributed by atoms with Gasteiger partial charge in [0.2, 0.25) is 0 Å². The first-order valence-corrected chi connectivity index (χ1v) is 8.11. The smallest absolute Gasteiger partial charge is 0.122 e. The molecule has 1 atom stereocenters. The van der Waals surface area contributed by atoms with E-state index in [-0.39, 0.29) is 6.61 Å². The highest BCUT2D eigenvalue weighted by Crippen LogP contribution is 2.17. The molecule has 0 amide bonds. The van der Waals surface area contributed by atoms with Crippen molar-refractivity contribution in [3.8, 4) is 5.75 Å². The number of nitrogens with zero attached hydrogens (tertiary/aromatic N) is 1. The first-order chi connectivity index (χ1) is 11.0. The Morgan fingerprint density at radius 1 is 1.13 bits per heavy atom. The van der Waals surface area contributed by atoms with Gasteiger partial charge in [0.15, 0.2) is 0 Å². The Balaban J connectivity index is 1.87. The van der Waals surface area contributed by atoms with Crippen LogP contribution < -0.4 is 4.74 Å². The lowest BCUT2D eigenvalue weighted by molar-refractivity contribution is 0.0513. The van der Waals surface area contributed by atoms with Gasteiger partial charge in [0, 0.05) is 12.6 Å². The van der Waals surface area contributed by atoms with Crippen molar-refractivity contribution >= 4 is 0 Å². The zero-order valence-corrected chi connectivity index (χ0v) is 14.5. The molecule has 0 saturated carbocycles. The molecule has 2 aromatic rings. The Morgan fingerprint density at radius 3 is 2.48 bits per heavy atom. The molecule has 126 valence electrons. The second-order valence-electron chi connectivity index (χ2n) is 6.27. The number of para-hydroxylation sites is 1. The molecule has 23 heavy (non-hydrogen) atoms. The van der Waals surface area contributed by atoms with Gasteiger partial charge in [-0.25, -0.2) is 0 Å². The van der Waals surface area contributed by atoms with E-state index in [9.17, 15) is 5.11 Å². The molecule has 0 bridgehead atoms. The van der Waals surface area contributed by atoms with Crippen LogP contribution in [0.5, 0.6) is 5.75 Å². The highest BCUT2D eigenvalue weighted by atomic mass is 16.5. The molecule has 0 aliphatic rings. The number of benzene rings is 1. The monoisotopic (exact) mass is 317 g/mol. The Hall–Kier alpha value is -1.78. The SMILES string of the molecule is Cc1ccc(CN(CC(O)COc2ccccc2C)C(C)C)o1. The Labute approximate surface area is 138 Å². The molecule has 1 aromatic carbocycles. The number of hydrogen-bond donors (Lipinski definition) is 1. The van der Waals surface area contributed by atoms with Gasteiger partial charge in [-0.3, -0.25) is 4.90 Å². The summed E-state index contributed by atoms with van der Waals surface area (Å²) in [6.07, 6.45) is -0.548. The topological polar surface area (TPSA) is 45.8 Å². The van der Waals surface area contributed by atoms with Crippen LogP contribution in [-0.2, 0) is 6.54 Å². The van der Waals surface area contributed by atoms with Crippen molar-refractivity contribution in [3.05, 3.63) is 53.5 Å². The molecule has 2 rings (SSSR count). The third-order valence-electron chi connectivity index (χ3n) is 3.86. The lowest BCUT2D eigenvalue weighted by Gasteiger charge is -2.28. The summed E-state index contributed by atoms with van der Waals surface area (Å²) in [6, 6.07) is 12.1. The van der Waals surface area contributed by atoms with Crippen LogP contribution in [-0.4, -0.2) is 35.3 Å². The van der Waals surface area contributed by atoms with Gasteiger partial charge in [-0.15, -0.1) is 0 Å². The number of aliphatic hydroxyl groups is 1. The summed E-state index contributed by atoms with van der Waals surface area (Å²) in [5, 5.41) is 10.3. The van der Waals surface area contributed by atoms with Crippen LogP contribution in [0.1, 0.15) is 30.9 Å². The van der Waals surface area contributed by atoms with E-state index < -0.39 is 6.10 Å². The summed E-state index contributed by atoms with van der Waals surface area (Å²) in [5.74, 6) is 2.65. The van der Waals surface area contributed by atoms with E-state index in [0.29, 0.717) is 19.1 Å². The molecule has 1 heterocycles. The van der Waals surface area contributed by atoms with E-state index in [1.165, 1.54) is 0 Å². The van der Waals surface area contributed by atoms with Gasteiger partial charge in [-0.1, -0.05) is 18.2 Å². The standard InChI is InChI=1S/C19H27NO3/c1-14(2)20(12-18-10-9-16(4)23-18)11-17(21)13-22-19-8-6-5-7-15(19)3/h5-10,14,17,21H,11-13H2,1-4H3. The third-order valence-corrected chi connectivity index (χ3v) is 3.86.